The summed E-state index contributed by atoms with van der Waals surface area (Å²) in [5, 5.41) is 0.842. The minimum absolute atomic E-state index is 0.0544. The molecular formula is C18H26ClN5O3S. The lowest BCUT2D eigenvalue weighted by molar-refractivity contribution is -0.133. The van der Waals surface area contributed by atoms with Crippen LogP contribution in [-0.4, -0.2) is 89.3 Å². The zero-order chi connectivity index (χ0) is 20.1. The van der Waals surface area contributed by atoms with E-state index < -0.39 is 0 Å². The Morgan fingerprint density at radius 1 is 1.21 bits per heavy atom. The Labute approximate surface area is 174 Å². The third kappa shape index (κ3) is 5.27. The molecule has 2 aliphatic heterocycles. The standard InChI is InChI=1S/C18H26ClN5O3S/c1-3-16(25)24-5-4-23(11-13(24)2)15-10-14(19)20-18(21-15)28-12-17(26)22-6-8-27-9-7-22/h10,13H,3-9,11-12H2,1-2H3. The predicted octanol–water partition coefficient (Wildman–Crippen LogP) is 1.53. The van der Waals surface area contributed by atoms with Crippen molar-refractivity contribution in [2.24, 2.45) is 0 Å². The Kier molecular flexibility index (Phi) is 7.36. The Balaban J connectivity index is 1.61. The van der Waals surface area contributed by atoms with Crippen LogP contribution in [0.5, 0.6) is 0 Å². The van der Waals surface area contributed by atoms with Crippen molar-refractivity contribution in [3.8, 4) is 0 Å². The molecule has 0 aromatic carbocycles. The number of halogens is 1. The van der Waals surface area contributed by atoms with Crippen LogP contribution in [-0.2, 0) is 14.3 Å². The van der Waals surface area contributed by atoms with E-state index in [1.165, 1.54) is 11.8 Å². The summed E-state index contributed by atoms with van der Waals surface area (Å²) in [6.07, 6.45) is 0.516. The van der Waals surface area contributed by atoms with Crippen molar-refractivity contribution in [2.45, 2.75) is 31.5 Å². The van der Waals surface area contributed by atoms with E-state index in [2.05, 4.69) is 14.9 Å². The molecule has 1 aromatic rings. The number of hydrogen-bond donors (Lipinski definition) is 0. The summed E-state index contributed by atoms with van der Waals surface area (Å²) in [4.78, 5) is 39.0. The molecule has 2 saturated heterocycles. The highest BCUT2D eigenvalue weighted by atomic mass is 35.5. The van der Waals surface area contributed by atoms with Crippen LogP contribution >= 0.6 is 23.4 Å². The first-order valence-electron chi connectivity index (χ1n) is 9.55. The van der Waals surface area contributed by atoms with Gasteiger partial charge in [0.1, 0.15) is 11.0 Å². The quantitative estimate of drug-likeness (QED) is 0.400. The molecule has 2 fully saturated rings. The van der Waals surface area contributed by atoms with Gasteiger partial charge in [-0.05, 0) is 6.92 Å². The molecule has 0 saturated carbocycles. The van der Waals surface area contributed by atoms with Gasteiger partial charge in [0.25, 0.3) is 0 Å². The topological polar surface area (TPSA) is 78.9 Å². The number of anilines is 1. The van der Waals surface area contributed by atoms with Gasteiger partial charge in [-0.2, -0.15) is 0 Å². The van der Waals surface area contributed by atoms with Gasteiger partial charge in [-0.1, -0.05) is 30.3 Å². The maximum Gasteiger partial charge on any atom is 0.233 e. The van der Waals surface area contributed by atoms with Crippen LogP contribution in [0, 0.1) is 0 Å². The molecule has 1 unspecified atom stereocenters. The molecule has 8 nitrogen and oxygen atoms in total. The van der Waals surface area contributed by atoms with Crippen LogP contribution in [0.2, 0.25) is 5.15 Å². The normalized spacial score (nSPS) is 20.4. The highest BCUT2D eigenvalue weighted by Crippen LogP contribution is 2.24. The molecule has 0 aliphatic carbocycles. The van der Waals surface area contributed by atoms with Crippen molar-refractivity contribution < 1.29 is 14.3 Å². The number of morpholine rings is 1. The van der Waals surface area contributed by atoms with E-state index in [0.717, 1.165) is 5.82 Å². The van der Waals surface area contributed by atoms with E-state index in [1.54, 1.807) is 11.0 Å². The van der Waals surface area contributed by atoms with E-state index in [1.807, 2.05) is 18.7 Å². The molecule has 1 atom stereocenters. The summed E-state index contributed by atoms with van der Waals surface area (Å²) in [5.74, 6) is 1.23. The molecule has 3 heterocycles. The van der Waals surface area contributed by atoms with Crippen molar-refractivity contribution in [3.63, 3.8) is 0 Å². The molecule has 2 aliphatic rings. The van der Waals surface area contributed by atoms with E-state index in [-0.39, 0.29) is 23.6 Å². The minimum Gasteiger partial charge on any atom is -0.378 e. The second-order valence-electron chi connectivity index (χ2n) is 6.85. The highest BCUT2D eigenvalue weighted by molar-refractivity contribution is 7.99. The van der Waals surface area contributed by atoms with Crippen LogP contribution < -0.4 is 4.90 Å². The van der Waals surface area contributed by atoms with Crippen molar-refractivity contribution >= 4 is 41.0 Å². The number of carbonyl (C=O) groups is 2. The molecule has 154 valence electrons. The lowest BCUT2D eigenvalue weighted by Crippen LogP contribution is -2.54. The van der Waals surface area contributed by atoms with E-state index in [4.69, 9.17) is 16.3 Å². The summed E-state index contributed by atoms with van der Waals surface area (Å²) >= 11 is 7.50. The molecular weight excluding hydrogens is 402 g/mol. The van der Waals surface area contributed by atoms with Crippen molar-refractivity contribution in [2.75, 3.05) is 56.6 Å². The number of rotatable bonds is 5. The molecule has 2 amide bonds. The number of nitrogens with zero attached hydrogens (tertiary/aromatic N) is 5. The molecule has 3 rings (SSSR count). The van der Waals surface area contributed by atoms with Gasteiger partial charge in [-0.25, -0.2) is 9.97 Å². The van der Waals surface area contributed by atoms with Crippen LogP contribution in [0.25, 0.3) is 0 Å². The number of carbonyl (C=O) groups excluding carboxylic acids is 2. The molecule has 10 heteroatoms. The van der Waals surface area contributed by atoms with Gasteiger partial charge in [0.15, 0.2) is 5.16 Å². The Morgan fingerprint density at radius 3 is 2.64 bits per heavy atom. The van der Waals surface area contributed by atoms with Gasteiger partial charge in [-0.3, -0.25) is 9.59 Å². The summed E-state index contributed by atoms with van der Waals surface area (Å²) in [6.45, 7) is 8.38. The first-order chi connectivity index (χ1) is 13.5. The van der Waals surface area contributed by atoms with Gasteiger partial charge in [0, 0.05) is 51.3 Å². The number of hydrogen-bond acceptors (Lipinski definition) is 7. The first-order valence-corrected chi connectivity index (χ1v) is 10.9. The van der Waals surface area contributed by atoms with Crippen LogP contribution in [0.1, 0.15) is 20.3 Å². The van der Waals surface area contributed by atoms with Gasteiger partial charge in [0.2, 0.25) is 11.8 Å². The number of piperazine rings is 1. The lowest BCUT2D eigenvalue weighted by atomic mass is 10.1. The Bertz CT molecular complexity index is 716. The second kappa shape index (κ2) is 9.76. The molecule has 0 radical (unpaired) electrons. The number of aromatic nitrogens is 2. The predicted molar refractivity (Wildman–Crippen MR) is 109 cm³/mol. The third-order valence-corrected chi connectivity index (χ3v) is 5.95. The Hall–Kier alpha value is -1.58. The van der Waals surface area contributed by atoms with E-state index >= 15 is 0 Å². The average molecular weight is 428 g/mol. The number of ether oxygens (including phenoxy) is 1. The molecule has 28 heavy (non-hydrogen) atoms. The van der Waals surface area contributed by atoms with Gasteiger partial charge >= 0.3 is 0 Å². The number of thioether (sulfide) groups is 1. The van der Waals surface area contributed by atoms with Crippen LogP contribution in [0.3, 0.4) is 0 Å². The molecule has 0 spiro atoms. The SMILES string of the molecule is CCC(=O)N1CCN(c2cc(Cl)nc(SCC(=O)N3CCOCC3)n2)CC1C. The fourth-order valence-electron chi connectivity index (χ4n) is 3.38. The second-order valence-corrected chi connectivity index (χ2v) is 8.18. The third-order valence-electron chi connectivity index (χ3n) is 4.92. The van der Waals surface area contributed by atoms with E-state index in [0.29, 0.717) is 62.7 Å². The van der Waals surface area contributed by atoms with Crippen molar-refractivity contribution in [1.82, 2.24) is 19.8 Å². The smallest absolute Gasteiger partial charge is 0.233 e. The van der Waals surface area contributed by atoms with Gasteiger partial charge < -0.3 is 19.4 Å². The zero-order valence-corrected chi connectivity index (χ0v) is 17.8. The maximum atomic E-state index is 12.3. The molecule has 1 aromatic heterocycles. The number of amides is 2. The highest BCUT2D eigenvalue weighted by Gasteiger charge is 2.27. The lowest BCUT2D eigenvalue weighted by Gasteiger charge is -2.40. The molecule has 0 bridgehead atoms. The summed E-state index contributed by atoms with van der Waals surface area (Å²) < 4.78 is 5.28. The minimum atomic E-state index is 0.0544. The summed E-state index contributed by atoms with van der Waals surface area (Å²) in [6, 6.07) is 1.84. The largest absolute Gasteiger partial charge is 0.378 e. The zero-order valence-electron chi connectivity index (χ0n) is 16.3. The van der Waals surface area contributed by atoms with E-state index in [9.17, 15) is 9.59 Å². The molecule has 0 N–H and O–H groups in total. The fraction of sp³-hybridized carbons (Fsp3) is 0.667. The maximum absolute atomic E-state index is 12.3. The van der Waals surface area contributed by atoms with Gasteiger partial charge in [-0.15, -0.1) is 0 Å². The fourth-order valence-corrected chi connectivity index (χ4v) is 4.37. The van der Waals surface area contributed by atoms with Crippen molar-refractivity contribution in [1.29, 1.82) is 0 Å². The Morgan fingerprint density at radius 2 is 1.96 bits per heavy atom. The summed E-state index contributed by atoms with van der Waals surface area (Å²) in [5.41, 5.74) is 0. The van der Waals surface area contributed by atoms with Gasteiger partial charge in [0.05, 0.1) is 19.0 Å². The summed E-state index contributed by atoms with van der Waals surface area (Å²) in [7, 11) is 0. The van der Waals surface area contributed by atoms with Crippen molar-refractivity contribution in [3.05, 3.63) is 11.2 Å². The monoisotopic (exact) mass is 427 g/mol. The van der Waals surface area contributed by atoms with Crippen LogP contribution in [0.15, 0.2) is 11.2 Å². The van der Waals surface area contributed by atoms with Crippen LogP contribution in [0.4, 0.5) is 5.82 Å². The first kappa shape index (κ1) is 21.1. The average Bonchev–Trinajstić information content (AvgIpc) is 2.71.